The van der Waals surface area contributed by atoms with Gasteiger partial charge in [-0.05, 0) is 96.3 Å². The fraction of sp³-hybridized carbons (Fsp3) is 0.673. The van der Waals surface area contributed by atoms with Crippen LogP contribution in [-0.2, 0) is 14.3 Å². The number of allylic oxidation sites excluding steroid dienone is 16. The van der Waals surface area contributed by atoms with Crippen LogP contribution in [0.5, 0.6) is 0 Å². The highest BCUT2D eigenvalue weighted by atomic mass is 16.5. The van der Waals surface area contributed by atoms with Crippen LogP contribution in [0.15, 0.2) is 97.2 Å². The quantitative estimate of drug-likeness (QED) is 0.0323. The van der Waals surface area contributed by atoms with Crippen LogP contribution in [0, 0.1) is 0 Å². The monoisotopic (exact) mass is 848 g/mol. The van der Waals surface area contributed by atoms with Gasteiger partial charge < -0.3 is 20.3 Å². The van der Waals surface area contributed by atoms with Crippen molar-refractivity contribution >= 4 is 11.9 Å². The summed E-state index contributed by atoms with van der Waals surface area (Å²) in [7, 11) is 0. The SMILES string of the molecule is CC/C=C/C/C=C/C/C=C/C/C=C/CCCC(CC(=O)NC(CO)C(O)CCCCCCCCCCCCC)OC(=O)CCC/C=C\C/C=C\C/C=C\C/C=C\CCCCC. The molecule has 0 bridgehead atoms. The number of carbonyl (C=O) groups excluding carboxylic acids is 2. The second kappa shape index (κ2) is 47.8. The summed E-state index contributed by atoms with van der Waals surface area (Å²) in [5.74, 6) is -0.605. The molecule has 0 radical (unpaired) electrons. The molecule has 0 saturated carbocycles. The van der Waals surface area contributed by atoms with E-state index in [1.54, 1.807) is 0 Å². The predicted molar refractivity (Wildman–Crippen MR) is 264 cm³/mol. The molecule has 0 aromatic carbocycles. The summed E-state index contributed by atoms with van der Waals surface area (Å²) in [4.78, 5) is 26.1. The number of esters is 1. The minimum Gasteiger partial charge on any atom is -0.462 e. The highest BCUT2D eigenvalue weighted by Gasteiger charge is 2.24. The summed E-state index contributed by atoms with van der Waals surface area (Å²) in [6.07, 6.45) is 63.3. The zero-order valence-corrected chi connectivity index (χ0v) is 39.5. The molecule has 0 fully saturated rings. The zero-order valence-electron chi connectivity index (χ0n) is 39.5. The van der Waals surface area contributed by atoms with E-state index in [4.69, 9.17) is 4.74 Å². The molecule has 3 atom stereocenters. The third-order valence-electron chi connectivity index (χ3n) is 10.6. The van der Waals surface area contributed by atoms with E-state index in [0.29, 0.717) is 25.7 Å². The average molecular weight is 848 g/mol. The third kappa shape index (κ3) is 43.2. The Balaban J connectivity index is 4.79. The van der Waals surface area contributed by atoms with E-state index >= 15 is 0 Å². The first-order chi connectivity index (χ1) is 30.0. The molecule has 6 heteroatoms. The third-order valence-corrected chi connectivity index (χ3v) is 10.6. The zero-order chi connectivity index (χ0) is 44.5. The molecule has 0 aromatic rings. The summed E-state index contributed by atoms with van der Waals surface area (Å²) >= 11 is 0. The molecule has 0 aliphatic rings. The number of ether oxygens (including phenoxy) is 1. The maximum absolute atomic E-state index is 13.2. The van der Waals surface area contributed by atoms with Crippen molar-refractivity contribution < 1.29 is 24.5 Å². The molecule has 0 saturated heterocycles. The maximum atomic E-state index is 13.2. The molecular weight excluding hydrogens is 755 g/mol. The Morgan fingerprint density at radius 3 is 1.38 bits per heavy atom. The Bertz CT molecular complexity index is 1220. The van der Waals surface area contributed by atoms with E-state index in [0.717, 1.165) is 83.5 Å². The normalized spacial score (nSPS) is 14.1. The van der Waals surface area contributed by atoms with Crippen LogP contribution < -0.4 is 5.32 Å². The smallest absolute Gasteiger partial charge is 0.306 e. The van der Waals surface area contributed by atoms with Gasteiger partial charge in [-0.3, -0.25) is 9.59 Å². The molecular formula is C55H93NO5. The Morgan fingerprint density at radius 1 is 0.492 bits per heavy atom. The molecule has 0 aliphatic carbocycles. The van der Waals surface area contributed by atoms with Gasteiger partial charge >= 0.3 is 5.97 Å². The van der Waals surface area contributed by atoms with Crippen molar-refractivity contribution in [2.24, 2.45) is 0 Å². The number of nitrogens with one attached hydrogen (secondary N) is 1. The number of unbranched alkanes of at least 4 members (excludes halogenated alkanes) is 15. The molecule has 0 heterocycles. The summed E-state index contributed by atoms with van der Waals surface area (Å²) < 4.78 is 5.87. The van der Waals surface area contributed by atoms with Crippen LogP contribution in [0.25, 0.3) is 0 Å². The van der Waals surface area contributed by atoms with Crippen molar-refractivity contribution in [2.75, 3.05) is 6.61 Å². The Morgan fingerprint density at radius 2 is 0.902 bits per heavy atom. The second-order valence-corrected chi connectivity index (χ2v) is 16.5. The Kier molecular flexibility index (Phi) is 45.3. The number of hydrogen-bond acceptors (Lipinski definition) is 5. The molecule has 1 amide bonds. The number of hydrogen-bond donors (Lipinski definition) is 3. The predicted octanol–water partition coefficient (Wildman–Crippen LogP) is 14.9. The topological polar surface area (TPSA) is 95.9 Å². The van der Waals surface area contributed by atoms with Crippen LogP contribution in [0.3, 0.4) is 0 Å². The van der Waals surface area contributed by atoms with Crippen molar-refractivity contribution in [3.8, 4) is 0 Å². The number of amides is 1. The van der Waals surface area contributed by atoms with Gasteiger partial charge in [0.15, 0.2) is 0 Å². The van der Waals surface area contributed by atoms with Crippen molar-refractivity contribution in [1.82, 2.24) is 5.32 Å². The molecule has 3 unspecified atom stereocenters. The van der Waals surface area contributed by atoms with Gasteiger partial charge in [0.25, 0.3) is 0 Å². The molecule has 348 valence electrons. The molecule has 61 heavy (non-hydrogen) atoms. The van der Waals surface area contributed by atoms with E-state index in [9.17, 15) is 19.8 Å². The van der Waals surface area contributed by atoms with Gasteiger partial charge in [-0.1, -0.05) is 201 Å². The van der Waals surface area contributed by atoms with Crippen LogP contribution in [0.2, 0.25) is 0 Å². The van der Waals surface area contributed by atoms with Gasteiger partial charge in [0.2, 0.25) is 5.91 Å². The standard InChI is InChI=1S/C55H93NO5/c1-4-7-10-13-16-19-22-24-26-27-28-30-33-36-39-42-45-48-55(60)61-51(46-43-40-37-34-32-29-25-23-20-17-14-11-8-5-2)49-54(59)56-52(50-57)53(58)47-44-41-38-35-31-21-18-15-12-9-6-3/h8,11,16-17,19-20,24-26,28-30,34,36-37,39,51-53,57-58H,4-7,9-10,12-15,18,21-23,27,31-33,35,38,40-50H2,1-3H3,(H,56,59)/b11-8+,19-16-,20-17+,26-24-,29-25+,30-28-,37-34+,39-36-. The van der Waals surface area contributed by atoms with E-state index < -0.39 is 18.2 Å². The van der Waals surface area contributed by atoms with E-state index in [1.807, 2.05) is 0 Å². The first kappa shape index (κ1) is 57.8. The van der Waals surface area contributed by atoms with Crippen molar-refractivity contribution in [2.45, 2.75) is 232 Å². The fourth-order valence-electron chi connectivity index (χ4n) is 6.89. The molecule has 3 N–H and O–H groups in total. The van der Waals surface area contributed by atoms with Crippen molar-refractivity contribution in [1.29, 1.82) is 0 Å². The number of aliphatic hydroxyl groups excluding tert-OH is 2. The van der Waals surface area contributed by atoms with Crippen molar-refractivity contribution in [3.63, 3.8) is 0 Å². The molecule has 6 nitrogen and oxygen atoms in total. The average Bonchev–Trinajstić information content (AvgIpc) is 3.25. The van der Waals surface area contributed by atoms with Gasteiger partial charge in [-0.2, -0.15) is 0 Å². The summed E-state index contributed by atoms with van der Waals surface area (Å²) in [6.45, 7) is 6.29. The van der Waals surface area contributed by atoms with Crippen molar-refractivity contribution in [3.05, 3.63) is 97.2 Å². The summed E-state index contributed by atoms with van der Waals surface area (Å²) in [5, 5.41) is 23.7. The minimum atomic E-state index is -0.815. The maximum Gasteiger partial charge on any atom is 0.306 e. The number of carbonyl (C=O) groups is 2. The highest BCUT2D eigenvalue weighted by Crippen LogP contribution is 2.16. The van der Waals surface area contributed by atoms with Crippen LogP contribution in [-0.4, -0.2) is 46.9 Å². The fourth-order valence-corrected chi connectivity index (χ4v) is 6.89. The van der Waals surface area contributed by atoms with Crippen LogP contribution in [0.1, 0.15) is 213 Å². The van der Waals surface area contributed by atoms with Gasteiger partial charge in [-0.15, -0.1) is 0 Å². The molecule has 0 aliphatic heterocycles. The lowest BCUT2D eigenvalue weighted by atomic mass is 10.0. The van der Waals surface area contributed by atoms with Gasteiger partial charge in [0.1, 0.15) is 6.10 Å². The first-order valence-corrected chi connectivity index (χ1v) is 25.0. The summed E-state index contributed by atoms with van der Waals surface area (Å²) in [6, 6.07) is -0.734. The molecule has 0 spiro atoms. The van der Waals surface area contributed by atoms with Gasteiger partial charge in [0.05, 0.1) is 25.2 Å². The largest absolute Gasteiger partial charge is 0.462 e. The van der Waals surface area contributed by atoms with E-state index in [2.05, 4.69) is 123 Å². The lowest BCUT2D eigenvalue weighted by Crippen LogP contribution is -2.46. The Labute approximate surface area is 376 Å². The van der Waals surface area contributed by atoms with Gasteiger partial charge in [0, 0.05) is 6.42 Å². The van der Waals surface area contributed by atoms with E-state index in [1.165, 1.54) is 77.0 Å². The Hall–Kier alpha value is -3.22. The molecule has 0 rings (SSSR count). The van der Waals surface area contributed by atoms with Crippen LogP contribution >= 0.6 is 0 Å². The van der Waals surface area contributed by atoms with E-state index in [-0.39, 0.29) is 24.9 Å². The number of rotatable bonds is 43. The minimum absolute atomic E-state index is 0.0127. The lowest BCUT2D eigenvalue weighted by Gasteiger charge is -2.24. The first-order valence-electron chi connectivity index (χ1n) is 25.0. The lowest BCUT2D eigenvalue weighted by molar-refractivity contribution is -0.151. The highest BCUT2D eigenvalue weighted by molar-refractivity contribution is 5.77. The summed E-state index contributed by atoms with van der Waals surface area (Å²) in [5.41, 5.74) is 0. The van der Waals surface area contributed by atoms with Gasteiger partial charge in [-0.25, -0.2) is 0 Å². The second-order valence-electron chi connectivity index (χ2n) is 16.5. The van der Waals surface area contributed by atoms with Crippen LogP contribution in [0.4, 0.5) is 0 Å². The number of aliphatic hydroxyl groups is 2. The molecule has 0 aromatic heterocycles.